The number of nitrogens with one attached hydrogen (secondary N) is 2. The van der Waals surface area contributed by atoms with E-state index in [-0.39, 0.29) is 11.7 Å². The number of aromatic nitrogens is 1. The van der Waals surface area contributed by atoms with Gasteiger partial charge in [0.25, 0.3) is 5.91 Å². The zero-order chi connectivity index (χ0) is 15.0. The molecule has 0 spiro atoms. The minimum atomic E-state index is -0.386. The maximum absolute atomic E-state index is 14.2. The van der Waals surface area contributed by atoms with Gasteiger partial charge in [-0.05, 0) is 24.3 Å². The zero-order valence-electron chi connectivity index (χ0n) is 11.2. The molecule has 0 unspecified atom stereocenters. The van der Waals surface area contributed by atoms with E-state index in [9.17, 15) is 9.18 Å². The first-order valence-electron chi connectivity index (χ1n) is 6.40. The van der Waals surface area contributed by atoms with E-state index in [1.807, 2.05) is 0 Å². The van der Waals surface area contributed by atoms with E-state index in [2.05, 4.69) is 10.3 Å². The summed E-state index contributed by atoms with van der Waals surface area (Å²) in [5, 5.41) is 3.81. The number of hydrogen-bond donors (Lipinski definition) is 2. The monoisotopic (exact) mass is 302 g/mol. The molecule has 1 aromatic heterocycles. The number of carbonyl (C=O) groups is 1. The summed E-state index contributed by atoms with van der Waals surface area (Å²) in [6, 6.07) is 11.6. The van der Waals surface area contributed by atoms with Crippen LogP contribution in [0.5, 0.6) is 0 Å². The Morgan fingerprint density at radius 2 is 2.00 bits per heavy atom. The minimum Gasteiger partial charge on any atom is -0.354 e. The Bertz CT molecular complexity index is 841. The Morgan fingerprint density at radius 1 is 1.24 bits per heavy atom. The number of amides is 1. The average Bonchev–Trinajstić information content (AvgIpc) is 2.85. The number of rotatable bonds is 2. The molecular formula is C16H12ClFN2O. The van der Waals surface area contributed by atoms with Crippen molar-refractivity contribution in [3.8, 4) is 11.1 Å². The molecule has 3 rings (SSSR count). The third-order valence-corrected chi connectivity index (χ3v) is 3.59. The fourth-order valence-electron chi connectivity index (χ4n) is 2.40. The topological polar surface area (TPSA) is 44.9 Å². The van der Waals surface area contributed by atoms with Crippen molar-refractivity contribution >= 4 is 28.4 Å². The lowest BCUT2D eigenvalue weighted by Crippen LogP contribution is -2.19. The molecule has 0 aliphatic heterocycles. The minimum absolute atomic E-state index is 0.305. The van der Waals surface area contributed by atoms with Crippen molar-refractivity contribution in [2.75, 3.05) is 7.05 Å². The van der Waals surface area contributed by atoms with Gasteiger partial charge in [0.15, 0.2) is 0 Å². The molecule has 0 radical (unpaired) electrons. The number of halogens is 2. The van der Waals surface area contributed by atoms with Crippen molar-refractivity contribution in [1.29, 1.82) is 0 Å². The number of hydrogen-bond acceptors (Lipinski definition) is 1. The number of fused-ring (bicyclic) bond motifs is 1. The lowest BCUT2D eigenvalue weighted by atomic mass is 10.0. The Labute approximate surface area is 125 Å². The Balaban J connectivity index is 2.40. The fourth-order valence-corrected chi connectivity index (χ4v) is 2.58. The average molecular weight is 303 g/mol. The second kappa shape index (κ2) is 5.22. The van der Waals surface area contributed by atoms with Gasteiger partial charge in [-0.1, -0.05) is 29.8 Å². The van der Waals surface area contributed by atoms with E-state index in [1.54, 1.807) is 36.4 Å². The van der Waals surface area contributed by atoms with Crippen molar-refractivity contribution in [1.82, 2.24) is 10.3 Å². The molecule has 3 nitrogen and oxygen atoms in total. The van der Waals surface area contributed by atoms with Crippen LogP contribution in [-0.4, -0.2) is 17.9 Å². The SMILES string of the molecule is CNC(=O)c1[nH]c2ccc(Cl)cc2c1-c1ccccc1F. The molecule has 0 aliphatic carbocycles. The molecule has 0 bridgehead atoms. The Kier molecular flexibility index (Phi) is 3.39. The van der Waals surface area contributed by atoms with Gasteiger partial charge >= 0.3 is 0 Å². The Hall–Kier alpha value is -2.33. The first-order chi connectivity index (χ1) is 10.1. The summed E-state index contributed by atoms with van der Waals surface area (Å²) in [6.07, 6.45) is 0. The molecule has 0 aliphatic rings. The highest BCUT2D eigenvalue weighted by Gasteiger charge is 2.20. The number of carbonyl (C=O) groups excluding carboxylic acids is 1. The summed E-state index contributed by atoms with van der Waals surface area (Å²) >= 11 is 6.03. The van der Waals surface area contributed by atoms with E-state index in [1.165, 1.54) is 13.1 Å². The normalized spacial score (nSPS) is 10.8. The smallest absolute Gasteiger partial charge is 0.268 e. The van der Waals surface area contributed by atoms with Crippen molar-refractivity contribution in [2.24, 2.45) is 0 Å². The van der Waals surface area contributed by atoms with Crippen LogP contribution in [0.2, 0.25) is 5.02 Å². The van der Waals surface area contributed by atoms with Crippen LogP contribution in [0, 0.1) is 5.82 Å². The molecule has 21 heavy (non-hydrogen) atoms. The highest BCUT2D eigenvalue weighted by atomic mass is 35.5. The van der Waals surface area contributed by atoms with Gasteiger partial charge in [0.05, 0.1) is 0 Å². The highest BCUT2D eigenvalue weighted by Crippen LogP contribution is 2.35. The number of H-pyrrole nitrogens is 1. The van der Waals surface area contributed by atoms with Crippen LogP contribution in [0.25, 0.3) is 22.0 Å². The number of aromatic amines is 1. The van der Waals surface area contributed by atoms with Crippen molar-refractivity contribution in [3.63, 3.8) is 0 Å². The molecule has 0 saturated carbocycles. The standard InChI is InChI=1S/C16H12ClFN2O/c1-19-16(21)15-14(10-4-2-3-5-12(10)18)11-8-9(17)6-7-13(11)20-15/h2-8,20H,1H3,(H,19,21). The number of benzene rings is 2. The second-order valence-electron chi connectivity index (χ2n) is 4.62. The summed E-state index contributed by atoms with van der Waals surface area (Å²) in [7, 11) is 1.53. The van der Waals surface area contributed by atoms with Gasteiger partial charge in [0.2, 0.25) is 0 Å². The first-order valence-corrected chi connectivity index (χ1v) is 6.78. The van der Waals surface area contributed by atoms with E-state index in [0.717, 1.165) is 5.52 Å². The fraction of sp³-hybridized carbons (Fsp3) is 0.0625. The summed E-state index contributed by atoms with van der Waals surface area (Å²) in [6.45, 7) is 0. The van der Waals surface area contributed by atoms with Gasteiger partial charge in [0, 0.05) is 34.1 Å². The second-order valence-corrected chi connectivity index (χ2v) is 5.06. The molecule has 0 atom stereocenters. The van der Waals surface area contributed by atoms with Crippen molar-refractivity contribution in [2.45, 2.75) is 0 Å². The van der Waals surface area contributed by atoms with Gasteiger partial charge in [-0.15, -0.1) is 0 Å². The van der Waals surface area contributed by atoms with Crippen LogP contribution >= 0.6 is 11.6 Å². The molecule has 0 saturated heterocycles. The highest BCUT2D eigenvalue weighted by molar-refractivity contribution is 6.31. The summed E-state index contributed by atoms with van der Waals surface area (Å²) in [5.41, 5.74) is 1.94. The molecule has 106 valence electrons. The predicted molar refractivity (Wildman–Crippen MR) is 82.1 cm³/mol. The summed E-state index contributed by atoms with van der Waals surface area (Å²) in [4.78, 5) is 15.1. The lowest BCUT2D eigenvalue weighted by Gasteiger charge is -2.05. The molecule has 1 amide bonds. The van der Waals surface area contributed by atoms with Crippen molar-refractivity contribution in [3.05, 3.63) is 59.0 Å². The van der Waals surface area contributed by atoms with E-state index in [4.69, 9.17) is 11.6 Å². The quantitative estimate of drug-likeness (QED) is 0.739. The van der Waals surface area contributed by atoms with Crippen LogP contribution in [0.3, 0.4) is 0 Å². The maximum atomic E-state index is 14.2. The largest absolute Gasteiger partial charge is 0.354 e. The van der Waals surface area contributed by atoms with Gasteiger partial charge in [-0.3, -0.25) is 4.79 Å². The molecule has 3 aromatic rings. The summed E-state index contributed by atoms with van der Waals surface area (Å²) in [5.74, 6) is -0.691. The van der Waals surface area contributed by atoms with Gasteiger partial charge < -0.3 is 10.3 Å². The van der Waals surface area contributed by atoms with Crippen molar-refractivity contribution < 1.29 is 9.18 Å². The van der Waals surface area contributed by atoms with E-state index < -0.39 is 0 Å². The Morgan fingerprint density at radius 3 is 2.71 bits per heavy atom. The van der Waals surface area contributed by atoms with Crippen LogP contribution in [0.4, 0.5) is 4.39 Å². The van der Waals surface area contributed by atoms with Gasteiger partial charge in [-0.25, -0.2) is 4.39 Å². The zero-order valence-corrected chi connectivity index (χ0v) is 12.0. The van der Waals surface area contributed by atoms with Crippen LogP contribution < -0.4 is 5.32 Å². The van der Waals surface area contributed by atoms with Gasteiger partial charge in [0.1, 0.15) is 11.5 Å². The summed E-state index contributed by atoms with van der Waals surface area (Å²) < 4.78 is 14.2. The van der Waals surface area contributed by atoms with E-state index >= 15 is 0 Å². The van der Waals surface area contributed by atoms with Crippen LogP contribution in [0.1, 0.15) is 10.5 Å². The molecule has 0 fully saturated rings. The van der Waals surface area contributed by atoms with Crippen LogP contribution in [0.15, 0.2) is 42.5 Å². The molecule has 1 heterocycles. The molecule has 2 N–H and O–H groups in total. The van der Waals surface area contributed by atoms with Gasteiger partial charge in [-0.2, -0.15) is 0 Å². The predicted octanol–water partition coefficient (Wildman–Crippen LogP) is 3.99. The molecular weight excluding hydrogens is 291 g/mol. The third kappa shape index (κ3) is 2.28. The first kappa shape index (κ1) is 13.6. The maximum Gasteiger partial charge on any atom is 0.268 e. The van der Waals surface area contributed by atoms with E-state index in [0.29, 0.717) is 27.2 Å². The lowest BCUT2D eigenvalue weighted by molar-refractivity contribution is 0.0959. The molecule has 2 aromatic carbocycles. The third-order valence-electron chi connectivity index (χ3n) is 3.36. The van der Waals surface area contributed by atoms with Crippen LogP contribution in [-0.2, 0) is 0 Å². The molecule has 5 heteroatoms.